The highest BCUT2D eigenvalue weighted by Gasteiger charge is 2.09. The molecule has 0 aliphatic heterocycles. The van der Waals surface area contributed by atoms with E-state index in [-0.39, 0.29) is 17.2 Å². The molecular formula is C16H13ClN2O2S. The minimum atomic E-state index is -0.135. The molecule has 4 nitrogen and oxygen atoms in total. The Bertz CT molecular complexity index is 868. The van der Waals surface area contributed by atoms with Gasteiger partial charge in [-0.3, -0.25) is 14.2 Å². The SMILES string of the molecule is O=C(CCn1c(=O)sc2ccccc21)Nc1ccc(Cl)cc1. The molecule has 22 heavy (non-hydrogen) atoms. The molecule has 1 aromatic heterocycles. The highest BCUT2D eigenvalue weighted by Crippen LogP contribution is 2.17. The Morgan fingerprint density at radius 1 is 1.14 bits per heavy atom. The van der Waals surface area contributed by atoms with Crippen molar-refractivity contribution in [2.75, 3.05) is 5.32 Å². The van der Waals surface area contributed by atoms with Crippen LogP contribution in [0.15, 0.2) is 53.3 Å². The molecule has 3 rings (SSSR count). The summed E-state index contributed by atoms with van der Waals surface area (Å²) in [4.78, 5) is 23.9. The van der Waals surface area contributed by atoms with Crippen LogP contribution in [-0.4, -0.2) is 10.5 Å². The van der Waals surface area contributed by atoms with Gasteiger partial charge in [0.05, 0.1) is 10.2 Å². The number of nitrogens with one attached hydrogen (secondary N) is 1. The van der Waals surface area contributed by atoms with Gasteiger partial charge in [-0.2, -0.15) is 0 Å². The Balaban J connectivity index is 1.68. The molecule has 0 radical (unpaired) electrons. The highest BCUT2D eigenvalue weighted by atomic mass is 35.5. The average molecular weight is 333 g/mol. The van der Waals surface area contributed by atoms with Crippen LogP contribution in [0.2, 0.25) is 5.02 Å². The van der Waals surface area contributed by atoms with Gasteiger partial charge in [-0.1, -0.05) is 35.1 Å². The van der Waals surface area contributed by atoms with Crippen LogP contribution < -0.4 is 10.2 Å². The number of carbonyl (C=O) groups excluding carboxylic acids is 1. The molecule has 0 saturated carbocycles. The minimum Gasteiger partial charge on any atom is -0.326 e. The van der Waals surface area contributed by atoms with E-state index in [1.165, 1.54) is 11.3 Å². The van der Waals surface area contributed by atoms with Crippen molar-refractivity contribution in [1.82, 2.24) is 4.57 Å². The number of thiazole rings is 1. The Morgan fingerprint density at radius 3 is 2.64 bits per heavy atom. The normalized spacial score (nSPS) is 10.8. The summed E-state index contributed by atoms with van der Waals surface area (Å²) in [7, 11) is 0. The number of fused-ring (bicyclic) bond motifs is 1. The number of halogens is 1. The molecule has 0 atom stereocenters. The molecule has 0 saturated heterocycles. The van der Waals surface area contributed by atoms with Crippen LogP contribution in [-0.2, 0) is 11.3 Å². The predicted octanol–water partition coefficient (Wildman–Crippen LogP) is 3.75. The molecule has 3 aromatic rings. The van der Waals surface area contributed by atoms with Crippen LogP contribution in [0, 0.1) is 0 Å². The van der Waals surface area contributed by atoms with Crippen molar-refractivity contribution in [1.29, 1.82) is 0 Å². The minimum absolute atomic E-state index is 0.0412. The fourth-order valence-electron chi connectivity index (χ4n) is 2.20. The van der Waals surface area contributed by atoms with Crippen molar-refractivity contribution in [2.45, 2.75) is 13.0 Å². The predicted molar refractivity (Wildman–Crippen MR) is 90.8 cm³/mol. The summed E-state index contributed by atoms with van der Waals surface area (Å²) in [5.41, 5.74) is 1.56. The van der Waals surface area contributed by atoms with Crippen molar-refractivity contribution >= 4 is 44.7 Å². The number of amides is 1. The standard InChI is InChI=1S/C16H13ClN2O2S/c17-11-5-7-12(8-6-11)18-15(20)9-10-19-13-3-1-2-4-14(13)22-16(19)21/h1-8H,9-10H2,(H,18,20). The highest BCUT2D eigenvalue weighted by molar-refractivity contribution is 7.16. The summed E-state index contributed by atoms with van der Waals surface area (Å²) >= 11 is 7.00. The number of para-hydroxylation sites is 1. The zero-order chi connectivity index (χ0) is 15.5. The van der Waals surface area contributed by atoms with Crippen molar-refractivity contribution in [2.24, 2.45) is 0 Å². The van der Waals surface area contributed by atoms with E-state index < -0.39 is 0 Å². The van der Waals surface area contributed by atoms with E-state index in [1.54, 1.807) is 28.8 Å². The first-order valence-electron chi connectivity index (χ1n) is 6.77. The van der Waals surface area contributed by atoms with Crippen LogP contribution >= 0.6 is 22.9 Å². The lowest BCUT2D eigenvalue weighted by Crippen LogP contribution is -2.19. The van der Waals surface area contributed by atoms with E-state index in [4.69, 9.17) is 11.6 Å². The van der Waals surface area contributed by atoms with Crippen molar-refractivity contribution in [3.05, 3.63) is 63.2 Å². The van der Waals surface area contributed by atoms with Crippen molar-refractivity contribution < 1.29 is 4.79 Å². The molecule has 0 fully saturated rings. The summed E-state index contributed by atoms with van der Waals surface area (Å²) in [6.07, 6.45) is 0.239. The van der Waals surface area contributed by atoms with E-state index in [2.05, 4.69) is 5.32 Å². The van der Waals surface area contributed by atoms with Gasteiger partial charge < -0.3 is 5.32 Å². The molecule has 0 spiro atoms. The second kappa shape index (κ2) is 6.34. The van der Waals surface area contributed by atoms with Gasteiger partial charge in [-0.05, 0) is 36.4 Å². The Kier molecular flexibility index (Phi) is 4.27. The zero-order valence-electron chi connectivity index (χ0n) is 11.6. The van der Waals surface area contributed by atoms with Gasteiger partial charge in [-0.15, -0.1) is 0 Å². The molecule has 0 aliphatic rings. The third-order valence-electron chi connectivity index (χ3n) is 3.26. The van der Waals surface area contributed by atoms with E-state index >= 15 is 0 Å². The third-order valence-corrected chi connectivity index (χ3v) is 4.48. The number of aromatic nitrogens is 1. The second-order valence-electron chi connectivity index (χ2n) is 4.79. The quantitative estimate of drug-likeness (QED) is 0.791. The number of carbonyl (C=O) groups is 1. The summed E-state index contributed by atoms with van der Waals surface area (Å²) in [6.45, 7) is 0.363. The molecule has 1 heterocycles. The monoisotopic (exact) mass is 332 g/mol. The Hall–Kier alpha value is -2.11. The second-order valence-corrected chi connectivity index (χ2v) is 6.22. The fourth-order valence-corrected chi connectivity index (χ4v) is 3.24. The van der Waals surface area contributed by atoms with E-state index in [9.17, 15) is 9.59 Å². The van der Waals surface area contributed by atoms with Gasteiger partial charge in [0.15, 0.2) is 0 Å². The lowest BCUT2D eigenvalue weighted by Gasteiger charge is -2.06. The lowest BCUT2D eigenvalue weighted by molar-refractivity contribution is -0.116. The smallest absolute Gasteiger partial charge is 0.308 e. The summed E-state index contributed by atoms with van der Waals surface area (Å²) in [5.74, 6) is -0.135. The summed E-state index contributed by atoms with van der Waals surface area (Å²) in [5, 5.41) is 3.41. The number of nitrogens with zero attached hydrogens (tertiary/aromatic N) is 1. The summed E-state index contributed by atoms with van der Waals surface area (Å²) in [6, 6.07) is 14.5. The number of anilines is 1. The van der Waals surface area contributed by atoms with Crippen LogP contribution in [0.1, 0.15) is 6.42 Å². The van der Waals surface area contributed by atoms with Crippen LogP contribution in [0.4, 0.5) is 5.69 Å². The maximum atomic E-state index is 12.0. The summed E-state index contributed by atoms with van der Waals surface area (Å²) < 4.78 is 2.58. The van der Waals surface area contributed by atoms with E-state index in [1.807, 2.05) is 24.3 Å². The molecule has 112 valence electrons. The van der Waals surface area contributed by atoms with Crippen LogP contribution in [0.25, 0.3) is 10.2 Å². The first-order chi connectivity index (χ1) is 10.6. The maximum absolute atomic E-state index is 12.0. The number of rotatable bonds is 4. The largest absolute Gasteiger partial charge is 0.326 e. The molecule has 0 aliphatic carbocycles. The Labute approximate surface area is 136 Å². The molecule has 0 bridgehead atoms. The first-order valence-corrected chi connectivity index (χ1v) is 7.97. The molecule has 1 amide bonds. The van der Waals surface area contributed by atoms with Gasteiger partial charge in [0.25, 0.3) is 0 Å². The first kappa shape index (κ1) is 14.8. The van der Waals surface area contributed by atoms with Gasteiger partial charge in [0, 0.05) is 23.7 Å². The van der Waals surface area contributed by atoms with Gasteiger partial charge in [0.1, 0.15) is 0 Å². The van der Waals surface area contributed by atoms with Crippen molar-refractivity contribution in [3.63, 3.8) is 0 Å². The number of benzene rings is 2. The number of hydrogen-bond donors (Lipinski definition) is 1. The molecule has 1 N–H and O–H groups in total. The topological polar surface area (TPSA) is 51.1 Å². The number of hydrogen-bond acceptors (Lipinski definition) is 3. The van der Waals surface area contributed by atoms with Gasteiger partial charge >= 0.3 is 4.87 Å². The van der Waals surface area contributed by atoms with E-state index in [0.29, 0.717) is 17.3 Å². The maximum Gasteiger partial charge on any atom is 0.308 e. The molecular weight excluding hydrogens is 320 g/mol. The Morgan fingerprint density at radius 2 is 1.86 bits per heavy atom. The van der Waals surface area contributed by atoms with E-state index in [0.717, 1.165) is 10.2 Å². The third kappa shape index (κ3) is 3.21. The molecule has 6 heteroatoms. The zero-order valence-corrected chi connectivity index (χ0v) is 13.2. The van der Waals surface area contributed by atoms with Crippen LogP contribution in [0.3, 0.4) is 0 Å². The lowest BCUT2D eigenvalue weighted by atomic mass is 10.3. The van der Waals surface area contributed by atoms with Gasteiger partial charge in [-0.25, -0.2) is 0 Å². The molecule has 2 aromatic carbocycles. The van der Waals surface area contributed by atoms with Crippen molar-refractivity contribution in [3.8, 4) is 0 Å². The molecule has 0 unspecified atom stereocenters. The fraction of sp³-hybridized carbons (Fsp3) is 0.125. The number of aryl methyl sites for hydroxylation is 1. The van der Waals surface area contributed by atoms with Gasteiger partial charge in [0.2, 0.25) is 5.91 Å². The van der Waals surface area contributed by atoms with Crippen LogP contribution in [0.5, 0.6) is 0 Å². The average Bonchev–Trinajstić information content (AvgIpc) is 2.83.